The van der Waals surface area contributed by atoms with Crippen molar-refractivity contribution >= 4 is 29.3 Å². The first-order valence-electron chi connectivity index (χ1n) is 8.69. The minimum absolute atomic E-state index is 0.162. The van der Waals surface area contributed by atoms with Crippen molar-refractivity contribution in [2.75, 3.05) is 20.3 Å². The van der Waals surface area contributed by atoms with Crippen LogP contribution in [0, 0.1) is 6.92 Å². The van der Waals surface area contributed by atoms with Crippen LogP contribution >= 0.6 is 12.2 Å². The van der Waals surface area contributed by atoms with Gasteiger partial charge in [0.1, 0.15) is 29.6 Å². The molecule has 142 valence electrons. The molecule has 0 bridgehead atoms. The zero-order chi connectivity index (χ0) is 19.2. The minimum Gasteiger partial charge on any atom is -0.485 e. The zero-order valence-corrected chi connectivity index (χ0v) is 16.2. The number of amides is 1. The molecule has 27 heavy (non-hydrogen) atoms. The van der Waals surface area contributed by atoms with Crippen molar-refractivity contribution in [3.05, 3.63) is 59.2 Å². The Morgan fingerprint density at radius 1 is 1.26 bits per heavy atom. The van der Waals surface area contributed by atoms with Crippen molar-refractivity contribution in [1.29, 1.82) is 0 Å². The van der Waals surface area contributed by atoms with Gasteiger partial charge in [-0.1, -0.05) is 18.2 Å². The summed E-state index contributed by atoms with van der Waals surface area (Å²) in [5.74, 6) is 1.90. The molecule has 0 radical (unpaired) electrons. The van der Waals surface area contributed by atoms with Gasteiger partial charge >= 0.3 is 0 Å². The first-order chi connectivity index (χ1) is 13.1. The van der Waals surface area contributed by atoms with E-state index in [2.05, 4.69) is 5.32 Å². The summed E-state index contributed by atoms with van der Waals surface area (Å²) in [5, 5.41) is 3.34. The normalized spacial score (nSPS) is 15.5. The Labute approximate surface area is 163 Å². The van der Waals surface area contributed by atoms with Crippen molar-refractivity contribution in [3.8, 4) is 5.75 Å². The van der Waals surface area contributed by atoms with Gasteiger partial charge in [-0.3, -0.25) is 9.69 Å². The van der Waals surface area contributed by atoms with Crippen molar-refractivity contribution < 1.29 is 18.7 Å². The molecule has 1 saturated heterocycles. The third kappa shape index (κ3) is 4.75. The monoisotopic (exact) mass is 386 g/mol. The molecular weight excluding hydrogens is 364 g/mol. The smallest absolute Gasteiger partial charge is 0.276 e. The summed E-state index contributed by atoms with van der Waals surface area (Å²) in [4.78, 5) is 14.0. The van der Waals surface area contributed by atoms with Gasteiger partial charge in [-0.25, -0.2) is 0 Å². The third-order valence-corrected chi connectivity index (χ3v) is 4.45. The van der Waals surface area contributed by atoms with E-state index in [-0.39, 0.29) is 5.91 Å². The molecule has 0 spiro atoms. The van der Waals surface area contributed by atoms with E-state index in [1.54, 1.807) is 19.3 Å². The predicted octanol–water partition coefficient (Wildman–Crippen LogP) is 3.26. The molecule has 1 amide bonds. The molecule has 1 aromatic carbocycles. The topological polar surface area (TPSA) is 63.9 Å². The van der Waals surface area contributed by atoms with Crippen LogP contribution in [-0.4, -0.2) is 36.2 Å². The number of carbonyl (C=O) groups is 1. The van der Waals surface area contributed by atoms with Crippen LogP contribution in [0.4, 0.5) is 0 Å². The number of nitrogens with one attached hydrogen (secondary N) is 1. The number of thiocarbonyl (C=S) groups is 1. The van der Waals surface area contributed by atoms with Gasteiger partial charge in [-0.05, 0) is 49.3 Å². The van der Waals surface area contributed by atoms with Crippen LogP contribution in [0.2, 0.25) is 0 Å². The van der Waals surface area contributed by atoms with E-state index in [0.29, 0.717) is 42.1 Å². The van der Waals surface area contributed by atoms with Crippen LogP contribution in [0.1, 0.15) is 23.5 Å². The highest BCUT2D eigenvalue weighted by atomic mass is 32.1. The molecule has 2 heterocycles. The van der Waals surface area contributed by atoms with Gasteiger partial charge in [-0.2, -0.15) is 0 Å². The van der Waals surface area contributed by atoms with Gasteiger partial charge in [0.15, 0.2) is 5.11 Å². The van der Waals surface area contributed by atoms with Gasteiger partial charge < -0.3 is 19.2 Å². The summed E-state index contributed by atoms with van der Waals surface area (Å²) < 4.78 is 16.5. The van der Waals surface area contributed by atoms with Gasteiger partial charge in [0.05, 0.1) is 0 Å². The summed E-state index contributed by atoms with van der Waals surface area (Å²) in [7, 11) is 1.63. The van der Waals surface area contributed by atoms with Crippen LogP contribution < -0.4 is 10.1 Å². The molecule has 0 atom stereocenters. The molecule has 0 unspecified atom stereocenters. The van der Waals surface area contributed by atoms with E-state index < -0.39 is 0 Å². The largest absolute Gasteiger partial charge is 0.485 e. The number of hydrogen-bond donors (Lipinski definition) is 1. The van der Waals surface area contributed by atoms with Crippen LogP contribution in [-0.2, 0) is 16.1 Å². The van der Waals surface area contributed by atoms with E-state index in [4.69, 9.17) is 26.1 Å². The SMILES string of the molecule is COCCCN1C(=O)/C(=C\c2ccc(COc3ccccc3C)o2)NC1=S. The molecular formula is C20H22N2O4S. The fourth-order valence-electron chi connectivity index (χ4n) is 2.70. The van der Waals surface area contributed by atoms with Gasteiger partial charge in [0, 0.05) is 26.3 Å². The molecule has 1 N–H and O–H groups in total. The molecule has 6 nitrogen and oxygen atoms in total. The molecule has 1 aliphatic rings. The second-order valence-electron chi connectivity index (χ2n) is 6.15. The lowest BCUT2D eigenvalue weighted by Gasteiger charge is -2.12. The molecule has 1 fully saturated rings. The lowest BCUT2D eigenvalue weighted by Crippen LogP contribution is -2.32. The predicted molar refractivity (Wildman–Crippen MR) is 106 cm³/mol. The van der Waals surface area contributed by atoms with Crippen LogP contribution in [0.5, 0.6) is 5.75 Å². The Morgan fingerprint density at radius 2 is 2.07 bits per heavy atom. The number of nitrogens with zero attached hydrogens (tertiary/aromatic N) is 1. The molecule has 0 saturated carbocycles. The molecule has 7 heteroatoms. The molecule has 1 aliphatic heterocycles. The number of benzene rings is 1. The van der Waals surface area contributed by atoms with E-state index in [1.165, 1.54) is 4.90 Å². The Balaban J connectivity index is 1.62. The Morgan fingerprint density at radius 3 is 2.85 bits per heavy atom. The lowest BCUT2D eigenvalue weighted by molar-refractivity contribution is -0.122. The van der Waals surface area contributed by atoms with Crippen molar-refractivity contribution in [1.82, 2.24) is 10.2 Å². The summed E-state index contributed by atoms with van der Waals surface area (Å²) in [6, 6.07) is 11.4. The number of carbonyl (C=O) groups excluding carboxylic acids is 1. The highest BCUT2D eigenvalue weighted by molar-refractivity contribution is 7.80. The fourth-order valence-corrected chi connectivity index (χ4v) is 2.99. The van der Waals surface area contributed by atoms with Crippen molar-refractivity contribution in [2.24, 2.45) is 0 Å². The van der Waals surface area contributed by atoms with Crippen molar-refractivity contribution in [3.63, 3.8) is 0 Å². The van der Waals surface area contributed by atoms with Crippen LogP contribution in [0.3, 0.4) is 0 Å². The number of hydrogen-bond acceptors (Lipinski definition) is 5. The zero-order valence-electron chi connectivity index (χ0n) is 15.4. The lowest BCUT2D eigenvalue weighted by atomic mass is 10.2. The summed E-state index contributed by atoms with van der Waals surface area (Å²) in [6.45, 7) is 3.40. The maximum Gasteiger partial charge on any atom is 0.276 e. The molecule has 2 aromatic rings. The van der Waals surface area contributed by atoms with E-state index >= 15 is 0 Å². The fraction of sp³-hybridized carbons (Fsp3) is 0.300. The Bertz CT molecular complexity index is 859. The quantitative estimate of drug-likeness (QED) is 0.427. The summed E-state index contributed by atoms with van der Waals surface area (Å²) in [6.07, 6.45) is 2.38. The standard InChI is InChI=1S/C20H22N2O4S/c1-14-6-3-4-7-18(14)25-13-16-9-8-15(26-16)12-17-19(23)22(20(27)21-17)10-5-11-24-2/h3-4,6-9,12H,5,10-11,13H2,1-2H3,(H,21,27)/b17-12+. The van der Waals surface area contributed by atoms with Crippen LogP contribution in [0.25, 0.3) is 6.08 Å². The average molecular weight is 386 g/mol. The van der Waals surface area contributed by atoms with Gasteiger partial charge in [0.2, 0.25) is 0 Å². The summed E-state index contributed by atoms with van der Waals surface area (Å²) >= 11 is 5.24. The van der Waals surface area contributed by atoms with Crippen molar-refractivity contribution in [2.45, 2.75) is 20.0 Å². The number of rotatable bonds is 8. The second-order valence-corrected chi connectivity index (χ2v) is 6.54. The first-order valence-corrected chi connectivity index (χ1v) is 9.10. The Kier molecular flexibility index (Phi) is 6.26. The molecule has 0 aliphatic carbocycles. The maximum absolute atomic E-state index is 12.5. The number of para-hydroxylation sites is 1. The molecule has 1 aromatic heterocycles. The number of furan rings is 1. The Hall–Kier alpha value is -2.64. The van der Waals surface area contributed by atoms with Gasteiger partial charge in [-0.15, -0.1) is 0 Å². The maximum atomic E-state index is 12.5. The average Bonchev–Trinajstić information content (AvgIpc) is 3.21. The van der Waals surface area contributed by atoms with E-state index in [9.17, 15) is 4.79 Å². The molecule has 3 rings (SSSR count). The number of methoxy groups -OCH3 is 1. The first kappa shape index (κ1) is 19.1. The second kappa shape index (κ2) is 8.83. The van der Waals surface area contributed by atoms with Gasteiger partial charge in [0.25, 0.3) is 5.91 Å². The number of ether oxygens (including phenoxy) is 2. The highest BCUT2D eigenvalue weighted by Gasteiger charge is 2.30. The third-order valence-electron chi connectivity index (χ3n) is 4.13. The van der Waals surface area contributed by atoms with E-state index in [0.717, 1.165) is 17.7 Å². The van der Waals surface area contributed by atoms with Crippen LogP contribution in [0.15, 0.2) is 46.5 Å². The summed E-state index contributed by atoms with van der Waals surface area (Å²) in [5.41, 5.74) is 1.47. The van der Waals surface area contributed by atoms with E-state index in [1.807, 2.05) is 37.3 Å². The number of aryl methyl sites for hydroxylation is 1. The minimum atomic E-state index is -0.162. The highest BCUT2D eigenvalue weighted by Crippen LogP contribution is 2.20.